The maximum Gasteiger partial charge on any atom is 0.257 e. The smallest absolute Gasteiger partial charge is 0.257 e. The predicted octanol–water partition coefficient (Wildman–Crippen LogP) is 3.33. The monoisotopic (exact) mass is 373 g/mol. The number of amides is 2. The second-order valence-corrected chi connectivity index (χ2v) is 6.25. The lowest BCUT2D eigenvalue weighted by Gasteiger charge is -2.15. The summed E-state index contributed by atoms with van der Waals surface area (Å²) in [6.07, 6.45) is 5.03. The molecule has 1 aromatic carbocycles. The van der Waals surface area contributed by atoms with Crippen LogP contribution in [0.5, 0.6) is 0 Å². The van der Waals surface area contributed by atoms with E-state index >= 15 is 0 Å². The number of pyridine rings is 1. The molecule has 1 saturated heterocycles. The van der Waals surface area contributed by atoms with Gasteiger partial charge in [-0.3, -0.25) is 14.6 Å². The Morgan fingerprint density at radius 1 is 1.09 bits per heavy atom. The van der Waals surface area contributed by atoms with Crippen molar-refractivity contribution < 1.29 is 9.59 Å². The summed E-state index contributed by atoms with van der Waals surface area (Å²) < 4.78 is 0.797. The lowest BCUT2D eigenvalue weighted by Crippen LogP contribution is -2.28. The van der Waals surface area contributed by atoms with Crippen molar-refractivity contribution in [1.82, 2.24) is 9.88 Å². The molecular formula is C17H16BrN3O2. The van der Waals surface area contributed by atoms with E-state index in [1.54, 1.807) is 17.0 Å². The molecule has 0 atom stereocenters. The number of likely N-dealkylation sites (tertiary alicyclic amines) is 1. The fourth-order valence-electron chi connectivity index (χ4n) is 2.54. The quantitative estimate of drug-likeness (QED) is 0.897. The molecule has 118 valence electrons. The zero-order valence-corrected chi connectivity index (χ0v) is 14.0. The number of benzene rings is 1. The predicted molar refractivity (Wildman–Crippen MR) is 91.5 cm³/mol. The van der Waals surface area contributed by atoms with E-state index in [9.17, 15) is 9.59 Å². The molecule has 0 spiro atoms. The van der Waals surface area contributed by atoms with Crippen LogP contribution in [0.1, 0.15) is 33.6 Å². The van der Waals surface area contributed by atoms with Crippen molar-refractivity contribution in [3.8, 4) is 0 Å². The first-order valence-electron chi connectivity index (χ1n) is 7.45. The molecule has 2 heterocycles. The summed E-state index contributed by atoms with van der Waals surface area (Å²) in [5.74, 6) is -0.356. The number of anilines is 1. The summed E-state index contributed by atoms with van der Waals surface area (Å²) in [5.41, 5.74) is 1.49. The van der Waals surface area contributed by atoms with E-state index in [0.717, 1.165) is 30.4 Å². The van der Waals surface area contributed by atoms with Crippen LogP contribution in [0.3, 0.4) is 0 Å². The van der Waals surface area contributed by atoms with Crippen LogP contribution in [-0.2, 0) is 0 Å². The van der Waals surface area contributed by atoms with Gasteiger partial charge in [0.25, 0.3) is 11.8 Å². The number of hydrogen-bond donors (Lipinski definition) is 1. The highest BCUT2D eigenvalue weighted by atomic mass is 79.9. The van der Waals surface area contributed by atoms with Gasteiger partial charge in [0.2, 0.25) is 0 Å². The van der Waals surface area contributed by atoms with Gasteiger partial charge >= 0.3 is 0 Å². The Bertz CT molecular complexity index is 742. The molecule has 3 rings (SSSR count). The topological polar surface area (TPSA) is 62.3 Å². The number of nitrogens with zero attached hydrogens (tertiary/aromatic N) is 2. The number of aromatic nitrogens is 1. The normalized spacial score (nSPS) is 13.9. The third-order valence-corrected chi connectivity index (χ3v) is 4.45. The molecule has 1 N–H and O–H groups in total. The highest BCUT2D eigenvalue weighted by Gasteiger charge is 2.20. The van der Waals surface area contributed by atoms with E-state index in [-0.39, 0.29) is 11.8 Å². The number of hydrogen-bond acceptors (Lipinski definition) is 3. The van der Waals surface area contributed by atoms with Gasteiger partial charge in [-0.2, -0.15) is 0 Å². The molecule has 0 bridgehead atoms. The van der Waals surface area contributed by atoms with Crippen LogP contribution in [0.4, 0.5) is 5.69 Å². The molecule has 0 aliphatic carbocycles. The van der Waals surface area contributed by atoms with Crippen LogP contribution < -0.4 is 5.32 Å². The Morgan fingerprint density at radius 2 is 1.78 bits per heavy atom. The molecule has 23 heavy (non-hydrogen) atoms. The highest BCUT2D eigenvalue weighted by Crippen LogP contribution is 2.22. The largest absolute Gasteiger partial charge is 0.339 e. The lowest BCUT2D eigenvalue weighted by atomic mass is 10.1. The van der Waals surface area contributed by atoms with E-state index in [4.69, 9.17) is 0 Å². The van der Waals surface area contributed by atoms with Crippen molar-refractivity contribution in [2.24, 2.45) is 0 Å². The van der Waals surface area contributed by atoms with Crippen molar-refractivity contribution in [3.63, 3.8) is 0 Å². The molecule has 5 nitrogen and oxygen atoms in total. The molecule has 1 aliphatic heterocycles. The Kier molecular flexibility index (Phi) is 4.71. The number of carbonyl (C=O) groups is 2. The zero-order chi connectivity index (χ0) is 16.2. The second kappa shape index (κ2) is 6.91. The van der Waals surface area contributed by atoms with E-state index < -0.39 is 0 Å². The first-order chi connectivity index (χ1) is 11.1. The van der Waals surface area contributed by atoms with Gasteiger partial charge in [-0.25, -0.2) is 0 Å². The molecule has 2 amide bonds. The average Bonchev–Trinajstić information content (AvgIpc) is 3.11. The lowest BCUT2D eigenvalue weighted by molar-refractivity contribution is 0.0792. The van der Waals surface area contributed by atoms with Gasteiger partial charge < -0.3 is 10.2 Å². The number of carbonyl (C=O) groups excluding carboxylic acids is 2. The molecular weight excluding hydrogens is 358 g/mol. The summed E-state index contributed by atoms with van der Waals surface area (Å²) in [5, 5.41) is 2.81. The van der Waals surface area contributed by atoms with Crippen molar-refractivity contribution in [2.45, 2.75) is 12.8 Å². The second-order valence-electron chi connectivity index (χ2n) is 5.40. The molecule has 2 aromatic rings. The van der Waals surface area contributed by atoms with Gasteiger partial charge in [0.15, 0.2) is 0 Å². The number of para-hydroxylation sites is 1. The van der Waals surface area contributed by atoms with Gasteiger partial charge in [0.1, 0.15) is 0 Å². The van der Waals surface area contributed by atoms with E-state index in [0.29, 0.717) is 16.8 Å². The fraction of sp³-hybridized carbons (Fsp3) is 0.235. The van der Waals surface area contributed by atoms with Gasteiger partial charge in [-0.15, -0.1) is 0 Å². The van der Waals surface area contributed by atoms with Crippen LogP contribution in [0.15, 0.2) is 47.2 Å². The standard InChI is InChI=1S/C17H16BrN3O2/c18-14-5-1-2-6-15(14)20-16(22)12-9-13(11-19-10-12)17(23)21-7-3-4-8-21/h1-2,5-6,9-11H,3-4,7-8H2,(H,20,22). The molecule has 0 radical (unpaired) electrons. The van der Waals surface area contributed by atoms with E-state index in [1.165, 1.54) is 12.4 Å². The minimum absolute atomic E-state index is 0.0643. The first-order valence-corrected chi connectivity index (χ1v) is 8.24. The summed E-state index contributed by atoms with van der Waals surface area (Å²) >= 11 is 3.39. The Hall–Kier alpha value is -2.21. The maximum atomic E-state index is 12.4. The summed E-state index contributed by atoms with van der Waals surface area (Å²) in [6.45, 7) is 1.54. The third kappa shape index (κ3) is 3.59. The van der Waals surface area contributed by atoms with E-state index in [1.807, 2.05) is 18.2 Å². The summed E-state index contributed by atoms with van der Waals surface area (Å²) in [4.78, 5) is 30.6. The van der Waals surface area contributed by atoms with Crippen molar-refractivity contribution >= 4 is 33.4 Å². The number of rotatable bonds is 3. The summed E-state index contributed by atoms with van der Waals surface area (Å²) in [7, 11) is 0. The van der Waals surface area contributed by atoms with Gasteiger partial charge in [0.05, 0.1) is 16.8 Å². The Balaban J connectivity index is 1.77. The Morgan fingerprint density at radius 3 is 2.52 bits per heavy atom. The van der Waals surface area contributed by atoms with Gasteiger partial charge in [0, 0.05) is 30.0 Å². The minimum atomic E-state index is -0.291. The number of halogens is 1. The first kappa shape index (κ1) is 15.7. The van der Waals surface area contributed by atoms with Crippen LogP contribution in [0.2, 0.25) is 0 Å². The summed E-state index contributed by atoms with van der Waals surface area (Å²) in [6, 6.07) is 8.96. The SMILES string of the molecule is O=C(Nc1ccccc1Br)c1cncc(C(=O)N2CCCC2)c1. The van der Waals surface area contributed by atoms with Gasteiger partial charge in [-0.05, 0) is 47.0 Å². The third-order valence-electron chi connectivity index (χ3n) is 3.76. The average molecular weight is 374 g/mol. The molecule has 1 fully saturated rings. The minimum Gasteiger partial charge on any atom is -0.339 e. The number of nitrogens with one attached hydrogen (secondary N) is 1. The molecule has 1 aliphatic rings. The maximum absolute atomic E-state index is 12.4. The molecule has 1 aromatic heterocycles. The Labute approximate surface area is 142 Å². The van der Waals surface area contributed by atoms with Crippen molar-refractivity contribution in [2.75, 3.05) is 18.4 Å². The van der Waals surface area contributed by atoms with Crippen LogP contribution in [0, 0.1) is 0 Å². The van der Waals surface area contributed by atoms with Crippen LogP contribution in [-0.4, -0.2) is 34.8 Å². The highest BCUT2D eigenvalue weighted by molar-refractivity contribution is 9.10. The zero-order valence-electron chi connectivity index (χ0n) is 12.5. The molecule has 0 saturated carbocycles. The van der Waals surface area contributed by atoms with Crippen molar-refractivity contribution in [3.05, 3.63) is 58.3 Å². The van der Waals surface area contributed by atoms with Crippen LogP contribution >= 0.6 is 15.9 Å². The molecule has 0 unspecified atom stereocenters. The van der Waals surface area contributed by atoms with E-state index in [2.05, 4.69) is 26.2 Å². The van der Waals surface area contributed by atoms with Gasteiger partial charge in [-0.1, -0.05) is 12.1 Å². The van der Waals surface area contributed by atoms with Crippen LogP contribution in [0.25, 0.3) is 0 Å². The fourth-order valence-corrected chi connectivity index (χ4v) is 2.92. The van der Waals surface area contributed by atoms with Crippen molar-refractivity contribution in [1.29, 1.82) is 0 Å². The molecule has 6 heteroatoms.